The molecule has 27 heavy (non-hydrogen) atoms. The third-order valence-electron chi connectivity index (χ3n) is 4.57. The largest absolute Gasteiger partial charge is 0.376 e. The maximum atomic E-state index is 12.6. The van der Waals surface area contributed by atoms with E-state index >= 15 is 0 Å². The van der Waals surface area contributed by atoms with Gasteiger partial charge in [-0.25, -0.2) is 8.42 Å². The Bertz CT molecular complexity index is 911. The third-order valence-corrected chi connectivity index (χ3v) is 7.38. The first-order valence-corrected chi connectivity index (χ1v) is 10.9. The van der Waals surface area contributed by atoms with Crippen LogP contribution in [0.2, 0.25) is 0 Å². The SMILES string of the molecule is Cc1cc(NCC(=O)N2CCN(S(=O)(=O)c3ccccc3)CC2)ccc1Br. The van der Waals surface area contributed by atoms with E-state index < -0.39 is 10.0 Å². The molecule has 0 spiro atoms. The van der Waals surface area contributed by atoms with Crippen molar-refractivity contribution in [2.45, 2.75) is 11.8 Å². The molecule has 0 radical (unpaired) electrons. The van der Waals surface area contributed by atoms with Gasteiger partial charge in [0.05, 0.1) is 11.4 Å². The molecule has 3 rings (SSSR count). The minimum absolute atomic E-state index is 0.0349. The summed E-state index contributed by atoms with van der Waals surface area (Å²) >= 11 is 3.45. The van der Waals surface area contributed by atoms with Crippen LogP contribution in [0.1, 0.15) is 5.56 Å². The third kappa shape index (κ3) is 4.69. The van der Waals surface area contributed by atoms with Crippen LogP contribution in [0.15, 0.2) is 57.9 Å². The summed E-state index contributed by atoms with van der Waals surface area (Å²) in [5.41, 5.74) is 1.97. The minimum atomic E-state index is -3.50. The van der Waals surface area contributed by atoms with Gasteiger partial charge in [-0.15, -0.1) is 0 Å². The van der Waals surface area contributed by atoms with E-state index in [2.05, 4.69) is 21.2 Å². The number of anilines is 1. The fourth-order valence-corrected chi connectivity index (χ4v) is 4.65. The monoisotopic (exact) mass is 451 g/mol. The number of halogens is 1. The van der Waals surface area contributed by atoms with E-state index in [0.29, 0.717) is 26.2 Å². The van der Waals surface area contributed by atoms with Gasteiger partial charge < -0.3 is 10.2 Å². The van der Waals surface area contributed by atoms with E-state index in [9.17, 15) is 13.2 Å². The Hall–Kier alpha value is -1.90. The van der Waals surface area contributed by atoms with Gasteiger partial charge in [0.2, 0.25) is 15.9 Å². The van der Waals surface area contributed by atoms with Crippen LogP contribution in [0.25, 0.3) is 0 Å². The first kappa shape index (κ1) is 19.9. The molecule has 0 bridgehead atoms. The second kappa shape index (κ2) is 8.41. The van der Waals surface area contributed by atoms with Crippen LogP contribution >= 0.6 is 15.9 Å². The molecule has 1 amide bonds. The second-order valence-electron chi connectivity index (χ2n) is 6.42. The zero-order valence-corrected chi connectivity index (χ0v) is 17.5. The van der Waals surface area contributed by atoms with Crippen molar-refractivity contribution in [1.82, 2.24) is 9.21 Å². The predicted molar refractivity (Wildman–Crippen MR) is 109 cm³/mol. The van der Waals surface area contributed by atoms with E-state index in [1.807, 2.05) is 25.1 Å². The lowest BCUT2D eigenvalue weighted by molar-refractivity contribution is -0.130. The molecule has 1 aliphatic heterocycles. The summed E-state index contributed by atoms with van der Waals surface area (Å²) in [6.45, 7) is 3.58. The Balaban J connectivity index is 1.54. The van der Waals surface area contributed by atoms with Crippen LogP contribution in [0, 0.1) is 6.92 Å². The number of hydrogen-bond acceptors (Lipinski definition) is 4. The van der Waals surface area contributed by atoms with Crippen molar-refractivity contribution in [1.29, 1.82) is 0 Å². The molecule has 1 heterocycles. The molecule has 2 aromatic carbocycles. The predicted octanol–water partition coefficient (Wildman–Crippen LogP) is 2.70. The Morgan fingerprint density at radius 3 is 2.37 bits per heavy atom. The number of benzene rings is 2. The van der Waals surface area contributed by atoms with Crippen LogP contribution in [-0.4, -0.2) is 56.3 Å². The standard InChI is InChI=1S/C19H22BrN3O3S/c1-15-13-16(7-8-18(15)20)21-14-19(24)22-9-11-23(12-10-22)27(25,26)17-5-3-2-4-6-17/h2-8,13,21H,9-12,14H2,1H3. The number of aryl methyl sites for hydroxylation is 1. The lowest BCUT2D eigenvalue weighted by Crippen LogP contribution is -2.51. The number of sulfonamides is 1. The van der Waals surface area contributed by atoms with Crippen LogP contribution in [0.3, 0.4) is 0 Å². The number of carbonyl (C=O) groups is 1. The van der Waals surface area contributed by atoms with Crippen molar-refractivity contribution in [2.24, 2.45) is 0 Å². The summed E-state index contributed by atoms with van der Waals surface area (Å²) in [7, 11) is -3.50. The maximum absolute atomic E-state index is 12.6. The van der Waals surface area contributed by atoms with Crippen LogP contribution < -0.4 is 5.32 Å². The number of amides is 1. The molecule has 1 saturated heterocycles. The second-order valence-corrected chi connectivity index (χ2v) is 9.21. The molecule has 144 valence electrons. The molecule has 2 aromatic rings. The molecule has 8 heteroatoms. The lowest BCUT2D eigenvalue weighted by atomic mass is 10.2. The molecule has 6 nitrogen and oxygen atoms in total. The molecule has 0 aromatic heterocycles. The number of nitrogens with one attached hydrogen (secondary N) is 1. The fraction of sp³-hybridized carbons (Fsp3) is 0.316. The summed E-state index contributed by atoms with van der Waals surface area (Å²) in [6, 6.07) is 14.2. The highest BCUT2D eigenvalue weighted by Crippen LogP contribution is 2.20. The maximum Gasteiger partial charge on any atom is 0.243 e. The fourth-order valence-electron chi connectivity index (χ4n) is 2.96. The number of carbonyl (C=O) groups excluding carboxylic acids is 1. The average Bonchev–Trinajstić information content (AvgIpc) is 2.69. The number of rotatable bonds is 5. The minimum Gasteiger partial charge on any atom is -0.376 e. The van der Waals surface area contributed by atoms with Crippen molar-refractivity contribution in [2.75, 3.05) is 38.0 Å². The zero-order valence-electron chi connectivity index (χ0n) is 15.1. The summed E-state index contributed by atoms with van der Waals surface area (Å²) in [5, 5.41) is 3.13. The van der Waals surface area contributed by atoms with Gasteiger partial charge in [-0.2, -0.15) is 4.31 Å². The Kier molecular flexibility index (Phi) is 6.18. The van der Waals surface area contributed by atoms with Gasteiger partial charge in [-0.1, -0.05) is 34.1 Å². The average molecular weight is 452 g/mol. The van der Waals surface area contributed by atoms with E-state index in [0.717, 1.165) is 15.7 Å². The van der Waals surface area contributed by atoms with E-state index in [-0.39, 0.29) is 17.3 Å². The van der Waals surface area contributed by atoms with Crippen molar-refractivity contribution >= 4 is 37.5 Å². The van der Waals surface area contributed by atoms with Crippen molar-refractivity contribution < 1.29 is 13.2 Å². The summed E-state index contributed by atoms with van der Waals surface area (Å²) < 4.78 is 27.7. The van der Waals surface area contributed by atoms with Gasteiger partial charge in [0.25, 0.3) is 0 Å². The highest BCUT2D eigenvalue weighted by molar-refractivity contribution is 9.10. The Morgan fingerprint density at radius 1 is 1.07 bits per heavy atom. The highest BCUT2D eigenvalue weighted by atomic mass is 79.9. The van der Waals surface area contributed by atoms with E-state index in [1.165, 1.54) is 4.31 Å². The summed E-state index contributed by atoms with van der Waals surface area (Å²) in [6.07, 6.45) is 0. The summed E-state index contributed by atoms with van der Waals surface area (Å²) in [5.74, 6) is -0.0349. The van der Waals surface area contributed by atoms with Crippen molar-refractivity contribution in [3.8, 4) is 0 Å². The quantitative estimate of drug-likeness (QED) is 0.758. The van der Waals surface area contributed by atoms with Gasteiger partial charge in [0.1, 0.15) is 0 Å². The topological polar surface area (TPSA) is 69.7 Å². The Morgan fingerprint density at radius 2 is 1.74 bits per heavy atom. The molecule has 0 atom stereocenters. The number of piperazine rings is 1. The lowest BCUT2D eigenvalue weighted by Gasteiger charge is -2.34. The molecule has 1 N–H and O–H groups in total. The summed E-state index contributed by atoms with van der Waals surface area (Å²) in [4.78, 5) is 14.4. The van der Waals surface area contributed by atoms with E-state index in [1.54, 1.807) is 35.2 Å². The van der Waals surface area contributed by atoms with Gasteiger partial charge in [0.15, 0.2) is 0 Å². The molecule has 0 aliphatic carbocycles. The molecule has 0 saturated carbocycles. The molecular weight excluding hydrogens is 430 g/mol. The van der Waals surface area contributed by atoms with Crippen molar-refractivity contribution in [3.63, 3.8) is 0 Å². The van der Waals surface area contributed by atoms with E-state index in [4.69, 9.17) is 0 Å². The number of hydrogen-bond donors (Lipinski definition) is 1. The van der Waals surface area contributed by atoms with Gasteiger partial charge >= 0.3 is 0 Å². The Labute approximate surface area is 168 Å². The normalized spacial score (nSPS) is 15.6. The van der Waals surface area contributed by atoms with Gasteiger partial charge in [0, 0.05) is 36.3 Å². The highest BCUT2D eigenvalue weighted by Gasteiger charge is 2.29. The van der Waals surface area contributed by atoms with Crippen LogP contribution in [0.5, 0.6) is 0 Å². The molecule has 0 unspecified atom stereocenters. The zero-order chi connectivity index (χ0) is 19.4. The first-order chi connectivity index (χ1) is 12.9. The van der Waals surface area contributed by atoms with Gasteiger partial charge in [-0.3, -0.25) is 4.79 Å². The molecular formula is C19H22BrN3O3S. The molecule has 1 fully saturated rings. The molecule has 1 aliphatic rings. The first-order valence-electron chi connectivity index (χ1n) is 8.71. The van der Waals surface area contributed by atoms with Crippen molar-refractivity contribution in [3.05, 3.63) is 58.6 Å². The van der Waals surface area contributed by atoms with Gasteiger partial charge in [-0.05, 0) is 42.8 Å². The van der Waals surface area contributed by atoms with Crippen LogP contribution in [0.4, 0.5) is 5.69 Å². The smallest absolute Gasteiger partial charge is 0.243 e. The number of nitrogens with zero attached hydrogens (tertiary/aromatic N) is 2. The van der Waals surface area contributed by atoms with Crippen LogP contribution in [-0.2, 0) is 14.8 Å².